The molecule has 0 spiro atoms. The quantitative estimate of drug-likeness (QED) is 0.472. The summed E-state index contributed by atoms with van der Waals surface area (Å²) in [6.45, 7) is 5.92. The Labute approximate surface area is 71.9 Å². The second kappa shape index (κ2) is 5.10. The maximum Gasteiger partial charge on any atom is 0.144 e. The molecule has 0 saturated carbocycles. The van der Waals surface area contributed by atoms with E-state index in [-0.39, 0.29) is 6.23 Å². The van der Waals surface area contributed by atoms with Gasteiger partial charge in [0.2, 0.25) is 0 Å². The highest BCUT2D eigenvalue weighted by Gasteiger charge is 2.12. The largest absolute Gasteiger partial charge is 0.401 e. The lowest BCUT2D eigenvalue weighted by Crippen LogP contribution is -2.48. The van der Waals surface area contributed by atoms with Crippen LogP contribution in [0.25, 0.3) is 0 Å². The minimum atomic E-state index is -0.0851. The molecule has 0 radical (unpaired) electrons. The summed E-state index contributed by atoms with van der Waals surface area (Å²) in [7, 11) is 0. The minimum Gasteiger partial charge on any atom is -0.401 e. The van der Waals surface area contributed by atoms with Gasteiger partial charge in [-0.2, -0.15) is 0 Å². The van der Waals surface area contributed by atoms with Gasteiger partial charge in [-0.3, -0.25) is 0 Å². The van der Waals surface area contributed by atoms with Gasteiger partial charge in [-0.05, 0) is 0 Å². The van der Waals surface area contributed by atoms with Crippen molar-refractivity contribution in [2.24, 2.45) is 5.73 Å². The molecular formula is C7H15N3O2. The van der Waals surface area contributed by atoms with Crippen LogP contribution in [0.2, 0.25) is 0 Å². The number of hydrazine groups is 1. The highest BCUT2D eigenvalue weighted by molar-refractivity contribution is 4.87. The van der Waals surface area contributed by atoms with E-state index in [1.807, 2.05) is 0 Å². The number of ether oxygens (including phenoxy) is 2. The molecule has 0 amide bonds. The molecule has 1 atom stereocenters. The summed E-state index contributed by atoms with van der Waals surface area (Å²) in [6.07, 6.45) is -0.0851. The van der Waals surface area contributed by atoms with Crippen molar-refractivity contribution >= 4 is 0 Å². The van der Waals surface area contributed by atoms with Gasteiger partial charge < -0.3 is 15.2 Å². The Balaban J connectivity index is 2.01. The third-order valence-electron chi connectivity index (χ3n) is 1.39. The molecule has 1 aliphatic rings. The molecule has 1 heterocycles. The summed E-state index contributed by atoms with van der Waals surface area (Å²) in [4.78, 5) is 0. The molecule has 0 aliphatic carbocycles. The molecule has 1 fully saturated rings. The lowest BCUT2D eigenvalue weighted by atomic mass is 10.5. The zero-order chi connectivity index (χ0) is 8.81. The Hall–Kier alpha value is -0.620. The summed E-state index contributed by atoms with van der Waals surface area (Å²) >= 11 is 0. The van der Waals surface area contributed by atoms with Crippen molar-refractivity contribution in [2.45, 2.75) is 6.23 Å². The number of nitrogens with two attached hydrogens (primary N) is 1. The van der Waals surface area contributed by atoms with Gasteiger partial charge in [-0.25, -0.2) is 10.9 Å². The SMILES string of the molecule is C=C(N)CNNC1COCCO1. The monoisotopic (exact) mass is 173 g/mol. The lowest BCUT2D eigenvalue weighted by molar-refractivity contribution is -0.106. The summed E-state index contributed by atoms with van der Waals surface area (Å²) in [5, 5.41) is 0. The van der Waals surface area contributed by atoms with E-state index in [0.29, 0.717) is 32.1 Å². The average molecular weight is 173 g/mol. The minimum absolute atomic E-state index is 0.0851. The molecule has 0 aromatic rings. The molecule has 12 heavy (non-hydrogen) atoms. The first-order valence-corrected chi connectivity index (χ1v) is 3.90. The maximum absolute atomic E-state index is 5.34. The molecule has 70 valence electrons. The van der Waals surface area contributed by atoms with E-state index in [9.17, 15) is 0 Å². The molecule has 5 nitrogen and oxygen atoms in total. The Kier molecular flexibility index (Phi) is 4.02. The first-order chi connectivity index (χ1) is 5.79. The van der Waals surface area contributed by atoms with Gasteiger partial charge in [-0.1, -0.05) is 6.58 Å². The van der Waals surface area contributed by atoms with Gasteiger partial charge in [-0.15, -0.1) is 0 Å². The van der Waals surface area contributed by atoms with Crippen molar-refractivity contribution in [3.05, 3.63) is 12.3 Å². The molecule has 1 unspecified atom stereocenters. The fourth-order valence-corrected chi connectivity index (χ4v) is 0.850. The van der Waals surface area contributed by atoms with Crippen molar-refractivity contribution in [1.29, 1.82) is 0 Å². The van der Waals surface area contributed by atoms with Crippen LogP contribution in [0.4, 0.5) is 0 Å². The van der Waals surface area contributed by atoms with Gasteiger partial charge in [0.15, 0.2) is 0 Å². The van der Waals surface area contributed by atoms with Crippen molar-refractivity contribution in [3.8, 4) is 0 Å². The van der Waals surface area contributed by atoms with Crippen LogP contribution in [-0.4, -0.2) is 32.6 Å². The van der Waals surface area contributed by atoms with Crippen LogP contribution in [0.15, 0.2) is 12.3 Å². The summed E-state index contributed by atoms with van der Waals surface area (Å²) < 4.78 is 10.4. The molecule has 1 rings (SSSR count). The number of nitrogens with one attached hydrogen (secondary N) is 2. The summed E-state index contributed by atoms with van der Waals surface area (Å²) in [6, 6.07) is 0. The van der Waals surface area contributed by atoms with Gasteiger partial charge in [0.05, 0.1) is 19.8 Å². The highest BCUT2D eigenvalue weighted by Crippen LogP contribution is 1.94. The Morgan fingerprint density at radius 1 is 1.58 bits per heavy atom. The van der Waals surface area contributed by atoms with Crippen LogP contribution in [0.1, 0.15) is 0 Å². The van der Waals surface area contributed by atoms with E-state index in [0.717, 1.165) is 0 Å². The molecule has 1 saturated heterocycles. The molecule has 4 N–H and O–H groups in total. The molecule has 1 aliphatic heterocycles. The molecule has 0 aromatic carbocycles. The van der Waals surface area contributed by atoms with Crippen LogP contribution < -0.4 is 16.6 Å². The Bertz CT molecular complexity index is 146. The fourth-order valence-electron chi connectivity index (χ4n) is 0.850. The van der Waals surface area contributed by atoms with Crippen molar-refractivity contribution in [3.63, 3.8) is 0 Å². The third-order valence-corrected chi connectivity index (χ3v) is 1.39. The average Bonchev–Trinajstić information content (AvgIpc) is 2.05. The zero-order valence-electron chi connectivity index (χ0n) is 7.01. The first kappa shape index (κ1) is 9.47. The number of rotatable bonds is 4. The van der Waals surface area contributed by atoms with E-state index in [1.165, 1.54) is 0 Å². The third kappa shape index (κ3) is 3.68. The second-order valence-electron chi connectivity index (χ2n) is 2.59. The van der Waals surface area contributed by atoms with Crippen LogP contribution >= 0.6 is 0 Å². The second-order valence-corrected chi connectivity index (χ2v) is 2.59. The predicted molar refractivity (Wildman–Crippen MR) is 45.0 cm³/mol. The Morgan fingerprint density at radius 2 is 2.42 bits per heavy atom. The predicted octanol–water partition coefficient (Wildman–Crippen LogP) is -1.07. The summed E-state index contributed by atoms with van der Waals surface area (Å²) in [5.41, 5.74) is 11.7. The standard InChI is InChI=1S/C7H15N3O2/c1-6(8)4-9-10-7-5-11-2-3-12-7/h7,9-10H,1-5,8H2. The van der Waals surface area contributed by atoms with E-state index < -0.39 is 0 Å². The molecule has 0 aromatic heterocycles. The van der Waals surface area contributed by atoms with Crippen molar-refractivity contribution < 1.29 is 9.47 Å². The van der Waals surface area contributed by atoms with Gasteiger partial charge >= 0.3 is 0 Å². The van der Waals surface area contributed by atoms with Gasteiger partial charge in [0, 0.05) is 12.2 Å². The van der Waals surface area contributed by atoms with Crippen LogP contribution in [0, 0.1) is 0 Å². The lowest BCUT2D eigenvalue weighted by Gasteiger charge is -2.24. The van der Waals surface area contributed by atoms with Crippen LogP contribution in [0.5, 0.6) is 0 Å². The Morgan fingerprint density at radius 3 is 3.00 bits per heavy atom. The van der Waals surface area contributed by atoms with Crippen molar-refractivity contribution in [1.82, 2.24) is 10.9 Å². The fraction of sp³-hybridized carbons (Fsp3) is 0.714. The van der Waals surface area contributed by atoms with Crippen LogP contribution in [-0.2, 0) is 9.47 Å². The topological polar surface area (TPSA) is 68.5 Å². The van der Waals surface area contributed by atoms with E-state index >= 15 is 0 Å². The first-order valence-electron chi connectivity index (χ1n) is 3.90. The van der Waals surface area contributed by atoms with E-state index in [2.05, 4.69) is 17.4 Å². The van der Waals surface area contributed by atoms with E-state index in [1.54, 1.807) is 0 Å². The number of hydrogen-bond acceptors (Lipinski definition) is 5. The molecule has 0 bridgehead atoms. The normalized spacial score (nSPS) is 23.8. The maximum atomic E-state index is 5.34. The summed E-state index contributed by atoms with van der Waals surface area (Å²) in [5.74, 6) is 0. The molecule has 5 heteroatoms. The van der Waals surface area contributed by atoms with Crippen LogP contribution in [0.3, 0.4) is 0 Å². The van der Waals surface area contributed by atoms with E-state index in [4.69, 9.17) is 15.2 Å². The smallest absolute Gasteiger partial charge is 0.144 e. The van der Waals surface area contributed by atoms with Crippen molar-refractivity contribution in [2.75, 3.05) is 26.4 Å². The zero-order valence-corrected chi connectivity index (χ0v) is 7.01. The highest BCUT2D eigenvalue weighted by atomic mass is 16.6. The van der Waals surface area contributed by atoms with Gasteiger partial charge in [0.1, 0.15) is 6.23 Å². The molecular weight excluding hydrogens is 158 g/mol. The number of hydrogen-bond donors (Lipinski definition) is 3. The van der Waals surface area contributed by atoms with Gasteiger partial charge in [0.25, 0.3) is 0 Å².